The summed E-state index contributed by atoms with van der Waals surface area (Å²) in [6, 6.07) is 4.67. The molecule has 0 bridgehead atoms. The molecule has 0 radical (unpaired) electrons. The summed E-state index contributed by atoms with van der Waals surface area (Å²) in [5.74, 6) is 0.527. The number of phenols is 1. The number of anilines is 1. The van der Waals surface area contributed by atoms with Crippen LogP contribution in [0.1, 0.15) is 43.0 Å². The number of benzene rings is 1. The van der Waals surface area contributed by atoms with Crippen molar-refractivity contribution in [1.82, 2.24) is 5.32 Å². The summed E-state index contributed by atoms with van der Waals surface area (Å²) in [5, 5.41) is 12.4. The number of hydrogen-bond acceptors (Lipinski definition) is 3. The van der Waals surface area contributed by atoms with Crippen LogP contribution in [0.5, 0.6) is 5.75 Å². The first-order chi connectivity index (χ1) is 8.56. The number of nitrogens with two attached hydrogens (primary N) is 1. The number of carbonyl (C=O) groups is 1. The van der Waals surface area contributed by atoms with Gasteiger partial charge in [0.05, 0.1) is 5.56 Å². The van der Waals surface area contributed by atoms with E-state index in [1.165, 1.54) is 18.6 Å². The molecule has 0 aromatic heterocycles. The average Bonchev–Trinajstić information content (AvgIpc) is 2.32. The van der Waals surface area contributed by atoms with E-state index in [2.05, 4.69) is 12.2 Å². The van der Waals surface area contributed by atoms with Gasteiger partial charge in [-0.05, 0) is 37.0 Å². The summed E-state index contributed by atoms with van der Waals surface area (Å²) < 4.78 is 0. The Morgan fingerprint density at radius 1 is 1.44 bits per heavy atom. The van der Waals surface area contributed by atoms with E-state index in [0.717, 1.165) is 19.3 Å². The molecular weight excluding hydrogens is 228 g/mol. The van der Waals surface area contributed by atoms with Crippen molar-refractivity contribution in [2.75, 3.05) is 5.73 Å². The van der Waals surface area contributed by atoms with Crippen molar-refractivity contribution < 1.29 is 9.90 Å². The molecule has 18 heavy (non-hydrogen) atoms. The molecule has 0 aliphatic heterocycles. The lowest BCUT2D eigenvalue weighted by Gasteiger charge is -2.27. The van der Waals surface area contributed by atoms with Gasteiger partial charge in [0, 0.05) is 11.7 Å². The summed E-state index contributed by atoms with van der Waals surface area (Å²) in [4.78, 5) is 12.1. The maximum Gasteiger partial charge on any atom is 0.253 e. The van der Waals surface area contributed by atoms with Crippen LogP contribution < -0.4 is 11.1 Å². The lowest BCUT2D eigenvalue weighted by molar-refractivity contribution is 0.0922. The largest absolute Gasteiger partial charge is 0.508 e. The Labute approximate surface area is 107 Å². The molecule has 2 unspecified atom stereocenters. The predicted octanol–water partition coefficient (Wildman–Crippen LogP) is 2.28. The summed E-state index contributed by atoms with van der Waals surface area (Å²) in [6.07, 6.45) is 4.43. The molecule has 1 fully saturated rings. The van der Waals surface area contributed by atoms with Crippen LogP contribution in [-0.2, 0) is 0 Å². The number of nitrogens with one attached hydrogen (secondary N) is 1. The summed E-state index contributed by atoms with van der Waals surface area (Å²) in [6.45, 7) is 2.21. The van der Waals surface area contributed by atoms with E-state index in [1.54, 1.807) is 6.07 Å². The van der Waals surface area contributed by atoms with Crippen LogP contribution >= 0.6 is 0 Å². The molecule has 1 aliphatic rings. The third kappa shape index (κ3) is 2.94. The Hall–Kier alpha value is -1.71. The number of nitrogen functional groups attached to an aromatic ring is 1. The molecule has 4 N–H and O–H groups in total. The topological polar surface area (TPSA) is 75.3 Å². The van der Waals surface area contributed by atoms with Gasteiger partial charge in [0.15, 0.2) is 0 Å². The molecule has 2 rings (SSSR count). The highest BCUT2D eigenvalue weighted by Gasteiger charge is 2.21. The monoisotopic (exact) mass is 248 g/mol. The maximum atomic E-state index is 12.1. The molecule has 1 amide bonds. The fraction of sp³-hybridized carbons (Fsp3) is 0.500. The number of phenolic OH excluding ortho intramolecular Hbond substituents is 1. The van der Waals surface area contributed by atoms with Gasteiger partial charge >= 0.3 is 0 Å². The zero-order chi connectivity index (χ0) is 13.1. The van der Waals surface area contributed by atoms with Gasteiger partial charge in [-0.3, -0.25) is 4.79 Å². The summed E-state index contributed by atoms with van der Waals surface area (Å²) >= 11 is 0. The minimum atomic E-state index is -0.192. The third-order valence-electron chi connectivity index (χ3n) is 3.55. The average molecular weight is 248 g/mol. The first kappa shape index (κ1) is 12.7. The molecular formula is C14H20N2O2. The second-order valence-corrected chi connectivity index (χ2v) is 5.21. The molecule has 1 aliphatic carbocycles. The van der Waals surface area contributed by atoms with Gasteiger partial charge in [0.25, 0.3) is 5.91 Å². The van der Waals surface area contributed by atoms with Crippen molar-refractivity contribution in [2.45, 2.75) is 38.6 Å². The Bertz CT molecular complexity index is 445. The molecule has 2 atom stereocenters. The van der Waals surface area contributed by atoms with Gasteiger partial charge in [-0.1, -0.05) is 19.8 Å². The lowest BCUT2D eigenvalue weighted by atomic mass is 9.87. The number of rotatable bonds is 2. The molecule has 1 aromatic rings. The number of aromatic hydroxyl groups is 1. The van der Waals surface area contributed by atoms with Crippen LogP contribution in [-0.4, -0.2) is 17.1 Å². The molecule has 0 spiro atoms. The summed E-state index contributed by atoms with van der Waals surface area (Å²) in [5.41, 5.74) is 6.50. The highest BCUT2D eigenvalue weighted by Crippen LogP contribution is 2.24. The number of carbonyl (C=O) groups excluding carboxylic acids is 1. The molecule has 1 aromatic carbocycles. The van der Waals surface area contributed by atoms with Gasteiger partial charge < -0.3 is 16.2 Å². The molecule has 1 saturated carbocycles. The van der Waals surface area contributed by atoms with Crippen molar-refractivity contribution in [3.05, 3.63) is 23.8 Å². The lowest BCUT2D eigenvalue weighted by Crippen LogP contribution is -2.38. The van der Waals surface area contributed by atoms with Crippen molar-refractivity contribution in [1.29, 1.82) is 0 Å². The van der Waals surface area contributed by atoms with Gasteiger partial charge in [-0.2, -0.15) is 0 Å². The van der Waals surface area contributed by atoms with E-state index in [-0.39, 0.29) is 17.7 Å². The van der Waals surface area contributed by atoms with E-state index < -0.39 is 0 Å². The van der Waals surface area contributed by atoms with Crippen molar-refractivity contribution in [3.63, 3.8) is 0 Å². The Balaban J connectivity index is 2.05. The van der Waals surface area contributed by atoms with Crippen LogP contribution in [0, 0.1) is 5.92 Å². The van der Waals surface area contributed by atoms with Crippen LogP contribution in [0.2, 0.25) is 0 Å². The fourth-order valence-corrected chi connectivity index (χ4v) is 2.57. The van der Waals surface area contributed by atoms with Gasteiger partial charge in [-0.25, -0.2) is 0 Å². The first-order valence-corrected chi connectivity index (χ1v) is 6.45. The highest BCUT2D eigenvalue weighted by atomic mass is 16.3. The zero-order valence-corrected chi connectivity index (χ0v) is 10.6. The van der Waals surface area contributed by atoms with Gasteiger partial charge in [-0.15, -0.1) is 0 Å². The van der Waals surface area contributed by atoms with Crippen molar-refractivity contribution >= 4 is 11.6 Å². The maximum absolute atomic E-state index is 12.1. The number of amides is 1. The van der Waals surface area contributed by atoms with Crippen LogP contribution in [0.4, 0.5) is 5.69 Å². The van der Waals surface area contributed by atoms with E-state index in [4.69, 9.17) is 5.73 Å². The second kappa shape index (κ2) is 5.29. The standard InChI is InChI=1S/C14H20N2O2/c1-9-3-2-4-10(7-9)16-14(18)12-8-11(17)5-6-13(12)15/h5-6,8-10,17H,2-4,7,15H2,1H3,(H,16,18). The van der Waals surface area contributed by atoms with Gasteiger partial charge in [0.2, 0.25) is 0 Å². The molecule has 0 heterocycles. The van der Waals surface area contributed by atoms with Gasteiger partial charge in [0.1, 0.15) is 5.75 Å². The van der Waals surface area contributed by atoms with Crippen LogP contribution in [0.3, 0.4) is 0 Å². The van der Waals surface area contributed by atoms with E-state index >= 15 is 0 Å². The Morgan fingerprint density at radius 2 is 2.22 bits per heavy atom. The van der Waals surface area contributed by atoms with Crippen molar-refractivity contribution in [2.24, 2.45) is 5.92 Å². The highest BCUT2D eigenvalue weighted by molar-refractivity contribution is 5.99. The van der Waals surface area contributed by atoms with Crippen molar-refractivity contribution in [3.8, 4) is 5.75 Å². The second-order valence-electron chi connectivity index (χ2n) is 5.21. The SMILES string of the molecule is CC1CCCC(NC(=O)c2cc(O)ccc2N)C1. The van der Waals surface area contributed by atoms with E-state index in [9.17, 15) is 9.90 Å². The number of hydrogen-bond donors (Lipinski definition) is 3. The molecule has 98 valence electrons. The predicted molar refractivity (Wildman–Crippen MR) is 71.4 cm³/mol. The molecule has 4 heteroatoms. The smallest absolute Gasteiger partial charge is 0.253 e. The zero-order valence-electron chi connectivity index (χ0n) is 10.6. The first-order valence-electron chi connectivity index (χ1n) is 6.45. The quantitative estimate of drug-likeness (QED) is 0.555. The normalized spacial score (nSPS) is 23.6. The van der Waals surface area contributed by atoms with Crippen LogP contribution in [0.25, 0.3) is 0 Å². The van der Waals surface area contributed by atoms with Crippen LogP contribution in [0.15, 0.2) is 18.2 Å². The van der Waals surface area contributed by atoms with E-state index in [0.29, 0.717) is 17.2 Å². The Kier molecular flexibility index (Phi) is 3.75. The minimum absolute atomic E-state index is 0.0614. The Morgan fingerprint density at radius 3 is 2.94 bits per heavy atom. The third-order valence-corrected chi connectivity index (χ3v) is 3.55. The minimum Gasteiger partial charge on any atom is -0.508 e. The summed E-state index contributed by atoms with van der Waals surface area (Å²) in [7, 11) is 0. The molecule has 0 saturated heterocycles. The molecule has 4 nitrogen and oxygen atoms in total. The van der Waals surface area contributed by atoms with E-state index in [1.807, 2.05) is 0 Å². The fourth-order valence-electron chi connectivity index (χ4n) is 2.57.